The summed E-state index contributed by atoms with van der Waals surface area (Å²) in [4.78, 5) is 26.7. The standard InChI is InChI=1S/C21H24N2O4/c1-4-27-20(26)15-12-23-16(10-18(15)24)14-9-17(22(2)3)19(25)8-13(14)11-21(23)6-5-7-21/h8-10,12,25H,4-7,11H2,1-3H3. The number of pyridine rings is 1. The van der Waals surface area contributed by atoms with Crippen LogP contribution in [0.2, 0.25) is 0 Å². The van der Waals surface area contributed by atoms with Crippen LogP contribution in [0, 0.1) is 0 Å². The molecule has 0 saturated heterocycles. The predicted octanol–water partition coefficient (Wildman–Crippen LogP) is 2.90. The molecule has 27 heavy (non-hydrogen) atoms. The molecule has 142 valence electrons. The smallest absolute Gasteiger partial charge is 0.343 e. The van der Waals surface area contributed by atoms with Crippen molar-refractivity contribution >= 4 is 11.7 Å². The lowest BCUT2D eigenvalue weighted by atomic mass is 9.69. The number of rotatable bonds is 3. The normalized spacial score (nSPS) is 16.3. The fourth-order valence-electron chi connectivity index (χ4n) is 4.30. The van der Waals surface area contributed by atoms with Crippen molar-refractivity contribution in [3.05, 3.63) is 45.7 Å². The first-order chi connectivity index (χ1) is 12.9. The molecule has 1 saturated carbocycles. The fourth-order valence-corrected chi connectivity index (χ4v) is 4.30. The van der Waals surface area contributed by atoms with Crippen LogP contribution in [0.4, 0.5) is 5.69 Å². The maximum absolute atomic E-state index is 12.6. The number of nitrogens with zero attached hydrogens (tertiary/aromatic N) is 2. The van der Waals surface area contributed by atoms with Gasteiger partial charge >= 0.3 is 5.97 Å². The Labute approximate surface area is 158 Å². The van der Waals surface area contributed by atoms with E-state index in [0.717, 1.165) is 42.5 Å². The van der Waals surface area contributed by atoms with Gasteiger partial charge < -0.3 is 19.3 Å². The zero-order valence-corrected chi connectivity index (χ0v) is 15.9. The van der Waals surface area contributed by atoms with E-state index < -0.39 is 5.97 Å². The minimum Gasteiger partial charge on any atom is -0.506 e. The number of carbonyl (C=O) groups excluding carboxylic acids is 1. The Morgan fingerprint density at radius 3 is 2.63 bits per heavy atom. The van der Waals surface area contributed by atoms with Crippen LogP contribution in [0.1, 0.15) is 42.1 Å². The molecule has 0 atom stereocenters. The van der Waals surface area contributed by atoms with E-state index in [4.69, 9.17) is 4.74 Å². The maximum atomic E-state index is 12.6. The minimum atomic E-state index is -0.572. The fraction of sp³-hybridized carbons (Fsp3) is 0.429. The number of aromatic hydroxyl groups is 1. The lowest BCUT2D eigenvalue weighted by molar-refractivity contribution is 0.0521. The second-order valence-corrected chi connectivity index (χ2v) is 7.67. The van der Waals surface area contributed by atoms with Crippen molar-refractivity contribution in [2.45, 2.75) is 38.1 Å². The number of phenols is 1. The average Bonchev–Trinajstić information content (AvgIpc) is 2.58. The van der Waals surface area contributed by atoms with Crippen LogP contribution in [0.25, 0.3) is 11.3 Å². The molecule has 0 bridgehead atoms. The van der Waals surface area contributed by atoms with E-state index in [9.17, 15) is 14.7 Å². The summed E-state index contributed by atoms with van der Waals surface area (Å²) in [5.74, 6) is -0.329. The van der Waals surface area contributed by atoms with Crippen molar-refractivity contribution in [3.8, 4) is 17.0 Å². The van der Waals surface area contributed by atoms with Crippen molar-refractivity contribution in [2.75, 3.05) is 25.6 Å². The van der Waals surface area contributed by atoms with Gasteiger partial charge in [0.15, 0.2) is 5.43 Å². The highest BCUT2D eigenvalue weighted by molar-refractivity contribution is 5.89. The molecule has 0 unspecified atom stereocenters. The highest BCUT2D eigenvalue weighted by atomic mass is 16.5. The third kappa shape index (κ3) is 2.62. The number of carbonyl (C=O) groups is 1. The molecule has 4 rings (SSSR count). The number of anilines is 1. The van der Waals surface area contributed by atoms with Crippen LogP contribution in [0.3, 0.4) is 0 Å². The molecule has 1 aliphatic carbocycles. The number of hydrogen-bond donors (Lipinski definition) is 1. The summed E-state index contributed by atoms with van der Waals surface area (Å²) in [5, 5.41) is 10.4. The number of hydrogen-bond acceptors (Lipinski definition) is 5. The molecule has 6 nitrogen and oxygen atoms in total. The van der Waals surface area contributed by atoms with Gasteiger partial charge in [-0.1, -0.05) is 0 Å². The molecule has 0 amide bonds. The lowest BCUT2D eigenvalue weighted by Gasteiger charge is -2.49. The summed E-state index contributed by atoms with van der Waals surface area (Å²) >= 11 is 0. The van der Waals surface area contributed by atoms with Gasteiger partial charge in [0.1, 0.15) is 11.3 Å². The molecule has 1 fully saturated rings. The Balaban J connectivity index is 1.95. The Bertz CT molecular complexity index is 986. The van der Waals surface area contributed by atoms with E-state index in [0.29, 0.717) is 5.69 Å². The van der Waals surface area contributed by atoms with Gasteiger partial charge in [0.25, 0.3) is 0 Å². The molecule has 1 aliphatic heterocycles. The van der Waals surface area contributed by atoms with Crippen LogP contribution < -0.4 is 10.3 Å². The largest absolute Gasteiger partial charge is 0.506 e. The van der Waals surface area contributed by atoms with Crippen molar-refractivity contribution in [1.82, 2.24) is 4.57 Å². The number of esters is 1. The number of fused-ring (bicyclic) bond motifs is 4. The van der Waals surface area contributed by atoms with Crippen LogP contribution in [-0.2, 0) is 16.7 Å². The van der Waals surface area contributed by atoms with Crippen molar-refractivity contribution in [3.63, 3.8) is 0 Å². The molecule has 6 heteroatoms. The Morgan fingerprint density at radius 1 is 1.30 bits per heavy atom. The maximum Gasteiger partial charge on any atom is 0.343 e. The lowest BCUT2D eigenvalue weighted by Crippen LogP contribution is -2.46. The first kappa shape index (κ1) is 17.6. The number of ether oxygens (including phenoxy) is 1. The summed E-state index contributed by atoms with van der Waals surface area (Å²) in [6, 6.07) is 5.28. The van der Waals surface area contributed by atoms with E-state index >= 15 is 0 Å². The van der Waals surface area contributed by atoms with Gasteiger partial charge in [-0.05, 0) is 50.3 Å². The Morgan fingerprint density at radius 2 is 2.04 bits per heavy atom. The summed E-state index contributed by atoms with van der Waals surface area (Å²) in [5.41, 5.74) is 3.10. The first-order valence-electron chi connectivity index (χ1n) is 9.34. The SMILES string of the molecule is CCOC(=O)c1cn2c(cc1=O)-c1cc(N(C)C)c(O)cc1CC21CCC1. The highest BCUT2D eigenvalue weighted by Crippen LogP contribution is 2.50. The van der Waals surface area contributed by atoms with E-state index in [1.54, 1.807) is 19.2 Å². The third-order valence-corrected chi connectivity index (χ3v) is 5.82. The molecular weight excluding hydrogens is 344 g/mol. The molecule has 1 N–H and O–H groups in total. The van der Waals surface area contributed by atoms with Crippen LogP contribution in [0.15, 0.2) is 29.2 Å². The van der Waals surface area contributed by atoms with Crippen molar-refractivity contribution in [2.24, 2.45) is 0 Å². The highest BCUT2D eigenvalue weighted by Gasteiger charge is 2.43. The molecular formula is C21H24N2O4. The second kappa shape index (κ2) is 6.15. The third-order valence-electron chi connectivity index (χ3n) is 5.82. The van der Waals surface area contributed by atoms with Gasteiger partial charge in [-0.3, -0.25) is 4.79 Å². The summed E-state index contributed by atoms with van der Waals surface area (Å²) < 4.78 is 7.16. The van der Waals surface area contributed by atoms with E-state index in [1.807, 2.05) is 31.1 Å². The summed E-state index contributed by atoms with van der Waals surface area (Å²) in [6.45, 7) is 1.96. The average molecular weight is 368 g/mol. The predicted molar refractivity (Wildman–Crippen MR) is 104 cm³/mol. The van der Waals surface area contributed by atoms with Crippen molar-refractivity contribution in [1.29, 1.82) is 0 Å². The van der Waals surface area contributed by atoms with E-state index in [1.165, 1.54) is 0 Å². The van der Waals surface area contributed by atoms with Gasteiger partial charge in [-0.2, -0.15) is 0 Å². The number of phenolic OH excluding ortho intramolecular Hbond substituents is 1. The quantitative estimate of drug-likeness (QED) is 0.844. The molecule has 1 aromatic carbocycles. The van der Waals surface area contributed by atoms with Crippen molar-refractivity contribution < 1.29 is 14.6 Å². The Hall–Kier alpha value is -2.76. The molecule has 2 aliphatic rings. The van der Waals surface area contributed by atoms with Gasteiger partial charge in [0, 0.05) is 37.5 Å². The van der Waals surface area contributed by atoms with Gasteiger partial charge in [0.2, 0.25) is 0 Å². The summed E-state index contributed by atoms with van der Waals surface area (Å²) in [6.07, 6.45) is 5.54. The van der Waals surface area contributed by atoms with Gasteiger partial charge in [0.05, 0.1) is 18.0 Å². The monoisotopic (exact) mass is 368 g/mol. The van der Waals surface area contributed by atoms with Crippen LogP contribution in [0.5, 0.6) is 5.75 Å². The van der Waals surface area contributed by atoms with E-state index in [2.05, 4.69) is 4.57 Å². The minimum absolute atomic E-state index is 0.0851. The van der Waals surface area contributed by atoms with Gasteiger partial charge in [-0.25, -0.2) is 4.79 Å². The molecule has 1 aromatic heterocycles. The van der Waals surface area contributed by atoms with Crippen LogP contribution >= 0.6 is 0 Å². The first-order valence-corrected chi connectivity index (χ1v) is 9.34. The zero-order valence-electron chi connectivity index (χ0n) is 15.9. The molecule has 1 spiro atoms. The van der Waals surface area contributed by atoms with E-state index in [-0.39, 0.29) is 28.9 Å². The van der Waals surface area contributed by atoms with Crippen LogP contribution in [-0.4, -0.2) is 36.3 Å². The molecule has 2 aromatic rings. The zero-order chi connectivity index (χ0) is 19.3. The number of benzene rings is 1. The molecule has 0 radical (unpaired) electrons. The second-order valence-electron chi connectivity index (χ2n) is 7.67. The van der Waals surface area contributed by atoms with Gasteiger partial charge in [-0.15, -0.1) is 0 Å². The Kier molecular flexibility index (Phi) is 4.02. The molecule has 2 heterocycles. The topological polar surface area (TPSA) is 71.8 Å². The number of aromatic nitrogens is 1. The summed E-state index contributed by atoms with van der Waals surface area (Å²) in [7, 11) is 3.74.